The molecule has 0 saturated heterocycles. The van der Waals surface area contributed by atoms with Crippen LogP contribution in [0.4, 0.5) is 11.4 Å². The van der Waals surface area contributed by atoms with Crippen molar-refractivity contribution in [2.24, 2.45) is 0 Å². The molecule has 7 heteroatoms. The first kappa shape index (κ1) is 18.6. The van der Waals surface area contributed by atoms with Crippen LogP contribution in [0.3, 0.4) is 0 Å². The van der Waals surface area contributed by atoms with Crippen LogP contribution in [0, 0.1) is 6.92 Å². The minimum absolute atomic E-state index is 0.0150. The number of ether oxygens (including phenoxy) is 2. The third-order valence-corrected chi connectivity index (χ3v) is 3.77. The Morgan fingerprint density at radius 2 is 1.84 bits per heavy atom. The second-order valence-electron chi connectivity index (χ2n) is 5.27. The number of halogens is 1. The summed E-state index contributed by atoms with van der Waals surface area (Å²) in [6.07, 6.45) is 0. The lowest BCUT2D eigenvalue weighted by Crippen LogP contribution is -2.22. The summed E-state index contributed by atoms with van der Waals surface area (Å²) in [5.41, 5.74) is 2.48. The van der Waals surface area contributed by atoms with Gasteiger partial charge in [0, 0.05) is 10.7 Å². The number of benzene rings is 2. The first-order valence-corrected chi connectivity index (χ1v) is 7.88. The predicted molar refractivity (Wildman–Crippen MR) is 97.6 cm³/mol. The minimum atomic E-state index is -0.434. The summed E-state index contributed by atoms with van der Waals surface area (Å²) in [7, 11) is 2.83. The molecule has 0 radical (unpaired) electrons. The molecule has 0 atom stereocenters. The van der Waals surface area contributed by atoms with E-state index in [2.05, 4.69) is 10.6 Å². The molecule has 0 aromatic heterocycles. The van der Waals surface area contributed by atoms with Gasteiger partial charge in [0.15, 0.2) is 0 Å². The molecule has 1 amide bonds. The summed E-state index contributed by atoms with van der Waals surface area (Å²) >= 11 is 5.95. The van der Waals surface area contributed by atoms with Crippen molar-refractivity contribution in [3.05, 3.63) is 52.5 Å². The number of hydrogen-bond acceptors (Lipinski definition) is 5. The van der Waals surface area contributed by atoms with Crippen molar-refractivity contribution in [3.8, 4) is 5.75 Å². The highest BCUT2D eigenvalue weighted by Crippen LogP contribution is 2.27. The van der Waals surface area contributed by atoms with Crippen LogP contribution in [-0.4, -0.2) is 32.6 Å². The van der Waals surface area contributed by atoms with Gasteiger partial charge in [-0.1, -0.05) is 17.7 Å². The Labute approximate surface area is 151 Å². The highest BCUT2D eigenvalue weighted by atomic mass is 35.5. The molecule has 0 fully saturated rings. The molecule has 25 heavy (non-hydrogen) atoms. The molecular weight excluding hydrogens is 344 g/mol. The molecule has 0 aliphatic carbocycles. The van der Waals surface area contributed by atoms with Crippen molar-refractivity contribution in [3.63, 3.8) is 0 Å². The van der Waals surface area contributed by atoms with E-state index in [9.17, 15) is 9.59 Å². The maximum atomic E-state index is 12.2. The zero-order chi connectivity index (χ0) is 18.4. The zero-order valence-electron chi connectivity index (χ0n) is 14.2. The Kier molecular flexibility index (Phi) is 6.25. The van der Waals surface area contributed by atoms with E-state index < -0.39 is 5.97 Å². The molecule has 6 nitrogen and oxygen atoms in total. The summed E-state index contributed by atoms with van der Waals surface area (Å²) in [4.78, 5) is 23.8. The van der Waals surface area contributed by atoms with Gasteiger partial charge >= 0.3 is 5.97 Å². The number of carbonyl (C=O) groups is 2. The van der Waals surface area contributed by atoms with Gasteiger partial charge in [-0.05, 0) is 42.8 Å². The minimum Gasteiger partial charge on any atom is -0.495 e. The second-order valence-corrected chi connectivity index (χ2v) is 5.70. The van der Waals surface area contributed by atoms with E-state index in [1.807, 2.05) is 6.92 Å². The second kappa shape index (κ2) is 8.39. The molecule has 2 N–H and O–H groups in total. The van der Waals surface area contributed by atoms with Gasteiger partial charge in [-0.25, -0.2) is 4.79 Å². The van der Waals surface area contributed by atoms with Crippen molar-refractivity contribution >= 4 is 34.9 Å². The summed E-state index contributed by atoms with van der Waals surface area (Å²) in [5, 5.41) is 6.24. The maximum absolute atomic E-state index is 12.2. The molecular formula is C18H19ClN2O4. The SMILES string of the molecule is COC(=O)c1ccc(C)c(NCC(=O)Nc2cc(Cl)ccc2OC)c1. The third kappa shape index (κ3) is 4.87. The van der Waals surface area contributed by atoms with E-state index in [1.165, 1.54) is 14.2 Å². The highest BCUT2D eigenvalue weighted by Gasteiger charge is 2.11. The van der Waals surface area contributed by atoms with Crippen LogP contribution in [0.2, 0.25) is 5.02 Å². The van der Waals surface area contributed by atoms with Crippen molar-refractivity contribution in [1.29, 1.82) is 0 Å². The van der Waals surface area contributed by atoms with Crippen LogP contribution in [0.1, 0.15) is 15.9 Å². The quantitative estimate of drug-likeness (QED) is 0.769. The van der Waals surface area contributed by atoms with Crippen LogP contribution in [0.25, 0.3) is 0 Å². The Morgan fingerprint density at radius 3 is 2.52 bits per heavy atom. The number of carbonyl (C=O) groups excluding carboxylic acids is 2. The standard InChI is InChI=1S/C18H19ClN2O4/c1-11-4-5-12(18(23)25-3)8-14(11)20-10-17(22)21-15-9-13(19)6-7-16(15)24-2/h4-9,20H,10H2,1-3H3,(H,21,22). The monoisotopic (exact) mass is 362 g/mol. The van der Waals surface area contributed by atoms with Gasteiger partial charge in [-0.3, -0.25) is 4.79 Å². The van der Waals surface area contributed by atoms with Gasteiger partial charge < -0.3 is 20.1 Å². The van der Waals surface area contributed by atoms with Crippen molar-refractivity contribution < 1.29 is 19.1 Å². The van der Waals surface area contributed by atoms with Crippen molar-refractivity contribution in [1.82, 2.24) is 0 Å². The van der Waals surface area contributed by atoms with E-state index >= 15 is 0 Å². The van der Waals surface area contributed by atoms with Gasteiger partial charge in [0.05, 0.1) is 32.0 Å². The molecule has 2 aromatic carbocycles. The fourth-order valence-corrected chi connectivity index (χ4v) is 2.38. The van der Waals surface area contributed by atoms with E-state index in [-0.39, 0.29) is 12.5 Å². The molecule has 0 unspecified atom stereocenters. The average molecular weight is 363 g/mol. The first-order valence-electron chi connectivity index (χ1n) is 7.51. The lowest BCUT2D eigenvalue weighted by molar-refractivity contribution is -0.114. The van der Waals surface area contributed by atoms with E-state index in [0.717, 1.165) is 5.56 Å². The number of amides is 1. The van der Waals surface area contributed by atoms with Gasteiger partial charge in [0.1, 0.15) is 5.75 Å². The normalized spacial score (nSPS) is 10.1. The maximum Gasteiger partial charge on any atom is 0.337 e. The third-order valence-electron chi connectivity index (χ3n) is 3.53. The number of rotatable bonds is 6. The number of esters is 1. The topological polar surface area (TPSA) is 76.7 Å². The molecule has 0 heterocycles. The fraction of sp³-hybridized carbons (Fsp3) is 0.222. The molecule has 0 saturated carbocycles. The Hall–Kier alpha value is -2.73. The highest BCUT2D eigenvalue weighted by molar-refractivity contribution is 6.31. The molecule has 132 valence electrons. The van der Waals surface area contributed by atoms with E-state index in [1.54, 1.807) is 36.4 Å². The average Bonchev–Trinajstić information content (AvgIpc) is 2.60. The summed E-state index contributed by atoms with van der Waals surface area (Å²) < 4.78 is 9.89. The Balaban J connectivity index is 2.05. The lowest BCUT2D eigenvalue weighted by Gasteiger charge is -2.13. The zero-order valence-corrected chi connectivity index (χ0v) is 14.9. The Bertz CT molecular complexity index is 793. The molecule has 0 bridgehead atoms. The number of aryl methyl sites for hydroxylation is 1. The number of methoxy groups -OCH3 is 2. The van der Waals surface area contributed by atoms with Crippen LogP contribution in [0.5, 0.6) is 5.75 Å². The van der Waals surface area contributed by atoms with Crippen LogP contribution in [0.15, 0.2) is 36.4 Å². The van der Waals surface area contributed by atoms with Crippen LogP contribution < -0.4 is 15.4 Å². The van der Waals surface area contributed by atoms with Gasteiger partial charge in [-0.2, -0.15) is 0 Å². The molecule has 0 spiro atoms. The number of nitrogens with one attached hydrogen (secondary N) is 2. The first-order chi connectivity index (χ1) is 11.9. The summed E-state index contributed by atoms with van der Waals surface area (Å²) in [5.74, 6) is -0.193. The number of hydrogen-bond donors (Lipinski definition) is 2. The molecule has 2 aromatic rings. The van der Waals surface area contributed by atoms with Crippen LogP contribution in [-0.2, 0) is 9.53 Å². The summed E-state index contributed by atoms with van der Waals surface area (Å²) in [6, 6.07) is 10.1. The fourth-order valence-electron chi connectivity index (χ4n) is 2.21. The number of anilines is 2. The molecule has 0 aliphatic rings. The smallest absolute Gasteiger partial charge is 0.337 e. The van der Waals surface area contributed by atoms with Gasteiger partial charge in [0.25, 0.3) is 0 Å². The van der Waals surface area contributed by atoms with Crippen molar-refractivity contribution in [2.75, 3.05) is 31.4 Å². The molecule has 0 aliphatic heterocycles. The van der Waals surface area contributed by atoms with E-state index in [0.29, 0.717) is 27.7 Å². The summed E-state index contributed by atoms with van der Waals surface area (Å²) in [6.45, 7) is 1.89. The molecule has 2 rings (SSSR count). The van der Waals surface area contributed by atoms with Gasteiger partial charge in [-0.15, -0.1) is 0 Å². The lowest BCUT2D eigenvalue weighted by atomic mass is 10.1. The van der Waals surface area contributed by atoms with Gasteiger partial charge in [0.2, 0.25) is 5.91 Å². The Morgan fingerprint density at radius 1 is 1.08 bits per heavy atom. The predicted octanol–water partition coefficient (Wildman–Crippen LogP) is 3.49. The van der Waals surface area contributed by atoms with Crippen LogP contribution >= 0.6 is 11.6 Å². The van der Waals surface area contributed by atoms with E-state index in [4.69, 9.17) is 21.1 Å². The largest absolute Gasteiger partial charge is 0.495 e. The van der Waals surface area contributed by atoms with Crippen molar-refractivity contribution in [2.45, 2.75) is 6.92 Å².